The summed E-state index contributed by atoms with van der Waals surface area (Å²) in [4.78, 5) is 23.4. The average molecular weight is 491 g/mol. The number of hydrogen-bond acceptors (Lipinski definition) is 6. The van der Waals surface area contributed by atoms with Crippen molar-refractivity contribution in [3.05, 3.63) is 66.2 Å². The summed E-state index contributed by atoms with van der Waals surface area (Å²) in [5, 5.41) is 0.339. The van der Waals surface area contributed by atoms with Crippen LogP contribution in [-0.2, 0) is 12.7 Å². The molecule has 2 heterocycles. The van der Waals surface area contributed by atoms with Crippen LogP contribution in [0.5, 0.6) is 11.5 Å². The van der Waals surface area contributed by atoms with Crippen LogP contribution < -0.4 is 14.4 Å². The van der Waals surface area contributed by atoms with Crippen molar-refractivity contribution in [3.8, 4) is 11.5 Å². The molecule has 0 N–H and O–H groups in total. The van der Waals surface area contributed by atoms with Crippen LogP contribution in [0.2, 0.25) is 0 Å². The third-order valence-electron chi connectivity index (χ3n) is 5.17. The van der Waals surface area contributed by atoms with Gasteiger partial charge < -0.3 is 14.0 Å². The molecule has 0 aliphatic heterocycles. The Morgan fingerprint density at radius 1 is 1.15 bits per heavy atom. The first-order valence-corrected chi connectivity index (χ1v) is 11.1. The number of ether oxygens (including phenoxy) is 2. The predicted octanol–water partition coefficient (Wildman–Crippen LogP) is 5.27. The van der Waals surface area contributed by atoms with Crippen molar-refractivity contribution in [1.82, 2.24) is 14.5 Å². The Hall–Kier alpha value is -3.60. The number of aromatic nitrogens is 3. The lowest BCUT2D eigenvalue weighted by Gasteiger charge is -2.20. The summed E-state index contributed by atoms with van der Waals surface area (Å²) in [5.41, 5.74) is -0.446. The second kappa shape index (κ2) is 9.72. The number of methoxy groups -OCH3 is 2. The standard InChI is InChI=1S/C23H21F3N4O3S/c1-32-17-7-8-18(33-2)20-19(17)28-22(34-20)30(11-4-10-29-12-9-27-14-29)21(31)15-5-3-6-16(13-15)23(24,25)26/h3,5-9,12-14H,4,10-11H2,1-2H3. The number of halogens is 3. The van der Waals surface area contributed by atoms with E-state index in [2.05, 4.69) is 9.97 Å². The minimum absolute atomic E-state index is 0.0735. The van der Waals surface area contributed by atoms with Crippen molar-refractivity contribution < 1.29 is 27.4 Å². The summed E-state index contributed by atoms with van der Waals surface area (Å²) in [6, 6.07) is 7.84. The van der Waals surface area contributed by atoms with E-state index < -0.39 is 17.6 Å². The van der Waals surface area contributed by atoms with Gasteiger partial charge in [0.25, 0.3) is 5.91 Å². The zero-order valence-electron chi connectivity index (χ0n) is 18.4. The van der Waals surface area contributed by atoms with Crippen LogP contribution >= 0.6 is 11.3 Å². The molecule has 34 heavy (non-hydrogen) atoms. The highest BCUT2D eigenvalue weighted by Gasteiger charge is 2.32. The average Bonchev–Trinajstić information content (AvgIpc) is 3.50. The van der Waals surface area contributed by atoms with Crippen LogP contribution in [0.4, 0.5) is 18.3 Å². The van der Waals surface area contributed by atoms with Crippen molar-refractivity contribution in [3.63, 3.8) is 0 Å². The quantitative estimate of drug-likeness (QED) is 0.337. The number of carbonyl (C=O) groups is 1. The number of imidazole rings is 1. The zero-order chi connectivity index (χ0) is 24.3. The molecule has 4 aromatic rings. The third-order valence-corrected chi connectivity index (χ3v) is 6.26. The second-order valence-electron chi connectivity index (χ2n) is 7.33. The predicted molar refractivity (Wildman–Crippen MR) is 123 cm³/mol. The van der Waals surface area contributed by atoms with E-state index in [1.165, 1.54) is 42.6 Å². The van der Waals surface area contributed by atoms with Gasteiger partial charge in [0.15, 0.2) is 5.13 Å². The summed E-state index contributed by atoms with van der Waals surface area (Å²) < 4.78 is 53.1. The molecular formula is C23H21F3N4O3S. The van der Waals surface area contributed by atoms with E-state index >= 15 is 0 Å². The lowest BCUT2D eigenvalue weighted by molar-refractivity contribution is -0.137. The number of anilines is 1. The molecule has 0 aliphatic rings. The van der Waals surface area contributed by atoms with Gasteiger partial charge in [-0.25, -0.2) is 9.97 Å². The van der Waals surface area contributed by atoms with Gasteiger partial charge in [-0.2, -0.15) is 13.2 Å². The lowest BCUT2D eigenvalue weighted by Crippen LogP contribution is -2.32. The second-order valence-corrected chi connectivity index (χ2v) is 8.31. The maximum atomic E-state index is 13.4. The smallest absolute Gasteiger partial charge is 0.416 e. The first kappa shape index (κ1) is 23.6. The number of hydrogen-bond donors (Lipinski definition) is 0. The fourth-order valence-corrected chi connectivity index (χ4v) is 4.59. The molecule has 0 aliphatic carbocycles. The molecule has 0 atom stereocenters. The molecule has 4 rings (SSSR count). The SMILES string of the molecule is COc1ccc(OC)c2sc(N(CCCn3ccnc3)C(=O)c3cccc(C(F)(F)F)c3)nc12. The molecular weight excluding hydrogens is 469 g/mol. The van der Waals surface area contributed by atoms with Gasteiger partial charge in [-0.3, -0.25) is 9.69 Å². The molecule has 0 unspecified atom stereocenters. The van der Waals surface area contributed by atoms with E-state index in [1.807, 2.05) is 4.57 Å². The largest absolute Gasteiger partial charge is 0.495 e. The van der Waals surface area contributed by atoms with Crippen LogP contribution in [-0.4, -0.2) is 41.2 Å². The fourth-order valence-electron chi connectivity index (χ4n) is 3.49. The summed E-state index contributed by atoms with van der Waals surface area (Å²) in [6.45, 7) is 0.807. The minimum Gasteiger partial charge on any atom is -0.495 e. The van der Waals surface area contributed by atoms with E-state index in [-0.39, 0.29) is 12.1 Å². The Kier molecular flexibility index (Phi) is 6.73. The Balaban J connectivity index is 1.73. The van der Waals surface area contributed by atoms with Crippen LogP contribution in [0.15, 0.2) is 55.1 Å². The van der Waals surface area contributed by atoms with Gasteiger partial charge in [-0.05, 0) is 36.8 Å². The Morgan fingerprint density at radius 2 is 1.91 bits per heavy atom. The molecule has 0 bridgehead atoms. The minimum atomic E-state index is -4.56. The highest BCUT2D eigenvalue weighted by atomic mass is 32.1. The summed E-state index contributed by atoms with van der Waals surface area (Å²) in [6.07, 6.45) is 1.08. The van der Waals surface area contributed by atoms with E-state index in [4.69, 9.17) is 9.47 Å². The molecule has 7 nitrogen and oxygen atoms in total. The van der Waals surface area contributed by atoms with Gasteiger partial charge in [-0.15, -0.1) is 0 Å². The van der Waals surface area contributed by atoms with Crippen LogP contribution in [0.1, 0.15) is 22.3 Å². The van der Waals surface area contributed by atoms with Crippen molar-refractivity contribution in [2.45, 2.75) is 19.1 Å². The molecule has 2 aromatic heterocycles. The van der Waals surface area contributed by atoms with E-state index in [1.54, 1.807) is 30.9 Å². The molecule has 2 aromatic carbocycles. The number of rotatable bonds is 8. The highest BCUT2D eigenvalue weighted by molar-refractivity contribution is 7.22. The Bertz CT molecular complexity index is 1250. The van der Waals surface area contributed by atoms with Gasteiger partial charge in [0.1, 0.15) is 21.7 Å². The first-order valence-electron chi connectivity index (χ1n) is 10.3. The lowest BCUT2D eigenvalue weighted by atomic mass is 10.1. The van der Waals surface area contributed by atoms with Gasteiger partial charge in [0.2, 0.25) is 0 Å². The summed E-state index contributed by atoms with van der Waals surface area (Å²) in [7, 11) is 3.04. The summed E-state index contributed by atoms with van der Waals surface area (Å²) in [5.74, 6) is 0.487. The molecule has 0 saturated carbocycles. The van der Waals surface area contributed by atoms with Crippen molar-refractivity contribution >= 4 is 32.6 Å². The van der Waals surface area contributed by atoms with Crippen LogP contribution in [0, 0.1) is 0 Å². The normalized spacial score (nSPS) is 11.6. The van der Waals surface area contributed by atoms with Gasteiger partial charge >= 0.3 is 6.18 Å². The number of fused-ring (bicyclic) bond motifs is 1. The number of amides is 1. The fraction of sp³-hybridized carbons (Fsp3) is 0.261. The molecule has 0 saturated heterocycles. The number of alkyl halides is 3. The van der Waals surface area contributed by atoms with Crippen LogP contribution in [0.25, 0.3) is 10.2 Å². The number of benzene rings is 2. The van der Waals surface area contributed by atoms with E-state index in [9.17, 15) is 18.0 Å². The number of thiazole rings is 1. The first-order chi connectivity index (χ1) is 16.3. The zero-order valence-corrected chi connectivity index (χ0v) is 19.2. The Labute approximate surface area is 197 Å². The Morgan fingerprint density at radius 3 is 2.59 bits per heavy atom. The van der Waals surface area contributed by atoms with E-state index in [0.717, 1.165) is 12.1 Å². The third kappa shape index (κ3) is 4.84. The maximum absolute atomic E-state index is 13.4. The molecule has 178 valence electrons. The molecule has 0 spiro atoms. The topological polar surface area (TPSA) is 69.5 Å². The molecule has 11 heteroatoms. The van der Waals surface area contributed by atoms with Crippen molar-refractivity contribution in [2.24, 2.45) is 0 Å². The van der Waals surface area contributed by atoms with Gasteiger partial charge in [0, 0.05) is 31.0 Å². The molecule has 0 radical (unpaired) electrons. The highest BCUT2D eigenvalue weighted by Crippen LogP contribution is 2.40. The number of carbonyl (C=O) groups excluding carboxylic acids is 1. The molecule has 1 amide bonds. The summed E-state index contributed by atoms with van der Waals surface area (Å²) >= 11 is 1.21. The van der Waals surface area contributed by atoms with Gasteiger partial charge in [-0.1, -0.05) is 17.4 Å². The molecule has 0 fully saturated rings. The van der Waals surface area contributed by atoms with Crippen LogP contribution in [0.3, 0.4) is 0 Å². The number of nitrogens with zero attached hydrogens (tertiary/aromatic N) is 4. The van der Waals surface area contributed by atoms with Crippen molar-refractivity contribution in [2.75, 3.05) is 25.7 Å². The number of aryl methyl sites for hydroxylation is 1. The van der Waals surface area contributed by atoms with Gasteiger partial charge in [0.05, 0.1) is 26.1 Å². The monoisotopic (exact) mass is 490 g/mol. The van der Waals surface area contributed by atoms with Crippen molar-refractivity contribution in [1.29, 1.82) is 0 Å². The maximum Gasteiger partial charge on any atom is 0.416 e. The van der Waals surface area contributed by atoms with E-state index in [0.29, 0.717) is 39.8 Å².